The third kappa shape index (κ3) is 2.06. The molecule has 0 aromatic carbocycles. The minimum atomic E-state index is -0.793. The largest absolute Gasteiger partial charge is 0.466 e. The molecule has 0 aromatic heterocycles. The molecule has 1 saturated heterocycles. The molecule has 0 saturated carbocycles. The van der Waals surface area contributed by atoms with Crippen LogP contribution in [0.3, 0.4) is 0 Å². The first-order valence-electron chi connectivity index (χ1n) is 6.62. The number of hydrogen-bond donors (Lipinski definition) is 0. The number of carbonyl (C=O) groups is 2. The minimum Gasteiger partial charge on any atom is -0.466 e. The number of fused-ring (bicyclic) bond motifs is 2. The van der Waals surface area contributed by atoms with Crippen LogP contribution in [0.15, 0.2) is 12.2 Å². The van der Waals surface area contributed by atoms with Gasteiger partial charge in [-0.1, -0.05) is 12.2 Å². The molecule has 1 fully saturated rings. The van der Waals surface area contributed by atoms with Crippen LogP contribution >= 0.6 is 0 Å². The quantitative estimate of drug-likeness (QED) is 0.570. The summed E-state index contributed by atoms with van der Waals surface area (Å²) in [5.41, 5.74) is -1.59. The Bertz CT molecular complexity index is 392. The third-order valence-electron chi connectivity index (χ3n) is 3.83. The second-order valence-electron chi connectivity index (χ2n) is 5.26. The summed E-state index contributed by atoms with van der Waals surface area (Å²) >= 11 is 0. The van der Waals surface area contributed by atoms with E-state index in [1.165, 1.54) is 0 Å². The van der Waals surface area contributed by atoms with Gasteiger partial charge in [-0.2, -0.15) is 0 Å². The Morgan fingerprint density at radius 3 is 1.68 bits per heavy atom. The average molecular weight is 268 g/mol. The summed E-state index contributed by atoms with van der Waals surface area (Å²) in [6.07, 6.45) is 3.68. The molecule has 0 radical (unpaired) electrons. The molecule has 2 heterocycles. The smallest absolute Gasteiger partial charge is 0.313 e. The fraction of sp³-hybridized carbons (Fsp3) is 0.714. The van der Waals surface area contributed by atoms with Gasteiger partial charge in [0.1, 0.15) is 11.8 Å². The predicted octanol–water partition coefficient (Wildman–Crippen LogP) is 1.46. The Morgan fingerprint density at radius 2 is 1.37 bits per heavy atom. The van der Waals surface area contributed by atoms with E-state index in [0.29, 0.717) is 0 Å². The van der Waals surface area contributed by atoms with Crippen LogP contribution < -0.4 is 0 Å². The zero-order valence-corrected chi connectivity index (χ0v) is 11.8. The summed E-state index contributed by atoms with van der Waals surface area (Å²) in [5.74, 6) is -2.12. The van der Waals surface area contributed by atoms with E-state index < -0.39 is 35.0 Å². The summed E-state index contributed by atoms with van der Waals surface area (Å²) in [6, 6.07) is 0. The Hall–Kier alpha value is -1.36. The summed E-state index contributed by atoms with van der Waals surface area (Å²) in [6.45, 7) is 7.64. The van der Waals surface area contributed by atoms with Crippen LogP contribution in [0.25, 0.3) is 0 Å². The van der Waals surface area contributed by atoms with Crippen molar-refractivity contribution in [1.29, 1.82) is 0 Å². The number of hydrogen-bond acceptors (Lipinski definition) is 5. The Balaban J connectivity index is 2.35. The van der Waals surface area contributed by atoms with Gasteiger partial charge in [-0.05, 0) is 27.7 Å². The maximum atomic E-state index is 12.2. The molecule has 2 bridgehead atoms. The SMILES string of the molecule is CCOC(=O)[C@@H]1[C@@H](C(=O)OCC)[C@]2(C)C=C[C@@]1(C)O2. The maximum Gasteiger partial charge on any atom is 0.313 e. The second kappa shape index (κ2) is 4.63. The van der Waals surface area contributed by atoms with E-state index in [4.69, 9.17) is 14.2 Å². The van der Waals surface area contributed by atoms with Gasteiger partial charge in [0.25, 0.3) is 0 Å². The molecule has 0 amide bonds. The van der Waals surface area contributed by atoms with Crippen LogP contribution in [-0.4, -0.2) is 36.4 Å². The van der Waals surface area contributed by atoms with Crippen molar-refractivity contribution in [1.82, 2.24) is 0 Å². The highest BCUT2D eigenvalue weighted by molar-refractivity contribution is 5.86. The van der Waals surface area contributed by atoms with Crippen molar-refractivity contribution in [2.24, 2.45) is 11.8 Å². The molecule has 0 aliphatic carbocycles. The van der Waals surface area contributed by atoms with E-state index in [0.717, 1.165) is 0 Å². The van der Waals surface area contributed by atoms with E-state index in [1.807, 2.05) is 12.2 Å². The monoisotopic (exact) mass is 268 g/mol. The number of esters is 2. The molecular formula is C14H20O5. The van der Waals surface area contributed by atoms with Crippen LogP contribution in [-0.2, 0) is 23.8 Å². The van der Waals surface area contributed by atoms with Crippen molar-refractivity contribution >= 4 is 11.9 Å². The lowest BCUT2D eigenvalue weighted by Crippen LogP contribution is -2.45. The average Bonchev–Trinajstić information content (AvgIpc) is 2.75. The lowest BCUT2D eigenvalue weighted by molar-refractivity contribution is -0.161. The van der Waals surface area contributed by atoms with Crippen LogP contribution in [0.4, 0.5) is 0 Å². The van der Waals surface area contributed by atoms with Gasteiger partial charge < -0.3 is 14.2 Å². The standard InChI is InChI=1S/C14H20O5/c1-5-17-11(15)9-10(12(16)18-6-2)14(4)8-7-13(9,3)19-14/h7-10H,5-6H2,1-4H3/t9-,10-,13-,14+/m0/s1. The zero-order chi connectivity index (χ0) is 14.3. The van der Waals surface area contributed by atoms with Gasteiger partial charge in [0.05, 0.1) is 24.4 Å². The number of carbonyl (C=O) groups excluding carboxylic acids is 2. The summed E-state index contributed by atoms with van der Waals surface area (Å²) in [7, 11) is 0. The number of ether oxygens (including phenoxy) is 3. The second-order valence-corrected chi connectivity index (χ2v) is 5.26. The maximum absolute atomic E-state index is 12.2. The van der Waals surface area contributed by atoms with E-state index in [1.54, 1.807) is 27.7 Å². The van der Waals surface area contributed by atoms with Crippen molar-refractivity contribution in [3.8, 4) is 0 Å². The topological polar surface area (TPSA) is 61.8 Å². The fourth-order valence-electron chi connectivity index (χ4n) is 3.07. The van der Waals surface area contributed by atoms with Crippen LogP contribution in [0, 0.1) is 11.8 Å². The highest BCUT2D eigenvalue weighted by Crippen LogP contribution is 2.54. The van der Waals surface area contributed by atoms with Crippen molar-refractivity contribution < 1.29 is 23.8 Å². The highest BCUT2D eigenvalue weighted by atomic mass is 16.6. The molecule has 19 heavy (non-hydrogen) atoms. The normalized spacial score (nSPS) is 39.4. The molecule has 0 unspecified atom stereocenters. The molecule has 2 aliphatic rings. The first kappa shape index (κ1) is 14.1. The molecule has 2 rings (SSSR count). The van der Waals surface area contributed by atoms with Gasteiger partial charge in [0.2, 0.25) is 0 Å². The predicted molar refractivity (Wildman–Crippen MR) is 67.3 cm³/mol. The van der Waals surface area contributed by atoms with Crippen molar-refractivity contribution in [2.45, 2.75) is 38.9 Å². The highest BCUT2D eigenvalue weighted by Gasteiger charge is 2.66. The summed E-state index contributed by atoms with van der Waals surface area (Å²) in [5, 5.41) is 0. The van der Waals surface area contributed by atoms with E-state index in [-0.39, 0.29) is 13.2 Å². The van der Waals surface area contributed by atoms with Crippen LogP contribution in [0.1, 0.15) is 27.7 Å². The van der Waals surface area contributed by atoms with Gasteiger partial charge in [-0.25, -0.2) is 0 Å². The van der Waals surface area contributed by atoms with Gasteiger partial charge in [-0.15, -0.1) is 0 Å². The Kier molecular flexibility index (Phi) is 3.43. The van der Waals surface area contributed by atoms with E-state index in [2.05, 4.69) is 0 Å². The van der Waals surface area contributed by atoms with Crippen molar-refractivity contribution in [2.75, 3.05) is 13.2 Å². The first-order chi connectivity index (χ1) is 8.88. The Morgan fingerprint density at radius 1 is 1.00 bits per heavy atom. The van der Waals surface area contributed by atoms with Gasteiger partial charge >= 0.3 is 11.9 Å². The zero-order valence-electron chi connectivity index (χ0n) is 11.8. The third-order valence-corrected chi connectivity index (χ3v) is 3.83. The van der Waals surface area contributed by atoms with E-state index in [9.17, 15) is 9.59 Å². The van der Waals surface area contributed by atoms with Crippen molar-refractivity contribution in [3.63, 3.8) is 0 Å². The molecule has 2 aliphatic heterocycles. The molecule has 5 nitrogen and oxygen atoms in total. The lowest BCUT2D eigenvalue weighted by Gasteiger charge is -2.29. The summed E-state index contributed by atoms with van der Waals surface area (Å²) < 4.78 is 16.1. The van der Waals surface area contributed by atoms with Gasteiger partial charge in [-0.3, -0.25) is 9.59 Å². The van der Waals surface area contributed by atoms with Gasteiger partial charge in [0, 0.05) is 0 Å². The first-order valence-corrected chi connectivity index (χ1v) is 6.62. The minimum absolute atomic E-state index is 0.279. The summed E-state index contributed by atoms with van der Waals surface area (Å²) in [4.78, 5) is 24.3. The molecule has 5 heteroatoms. The Labute approximate surface area is 112 Å². The fourth-order valence-corrected chi connectivity index (χ4v) is 3.07. The molecule has 0 aromatic rings. The lowest BCUT2D eigenvalue weighted by atomic mass is 9.71. The molecule has 0 N–H and O–H groups in total. The van der Waals surface area contributed by atoms with E-state index >= 15 is 0 Å². The molecular weight excluding hydrogens is 248 g/mol. The van der Waals surface area contributed by atoms with Crippen LogP contribution in [0.2, 0.25) is 0 Å². The van der Waals surface area contributed by atoms with Crippen LogP contribution in [0.5, 0.6) is 0 Å². The number of rotatable bonds is 4. The van der Waals surface area contributed by atoms with Gasteiger partial charge in [0.15, 0.2) is 0 Å². The van der Waals surface area contributed by atoms with Crippen molar-refractivity contribution in [3.05, 3.63) is 12.2 Å². The molecule has 0 spiro atoms. The molecule has 4 atom stereocenters. The molecule has 106 valence electrons.